The summed E-state index contributed by atoms with van der Waals surface area (Å²) in [5.74, 6) is -0.112. The van der Waals surface area contributed by atoms with Gasteiger partial charge in [-0.15, -0.1) is 0 Å². The Labute approximate surface area is 146 Å². The monoisotopic (exact) mass is 345 g/mol. The molecule has 1 atom stereocenters. The van der Waals surface area contributed by atoms with E-state index in [4.69, 9.17) is 0 Å². The van der Waals surface area contributed by atoms with Crippen LogP contribution in [-0.4, -0.2) is 20.7 Å². The van der Waals surface area contributed by atoms with Gasteiger partial charge in [-0.25, -0.2) is 4.98 Å². The maximum absolute atomic E-state index is 12.4. The third-order valence-electron chi connectivity index (χ3n) is 3.93. The molecule has 0 spiro atoms. The van der Waals surface area contributed by atoms with E-state index in [1.165, 1.54) is 28.0 Å². The fourth-order valence-corrected chi connectivity index (χ4v) is 3.03. The van der Waals surface area contributed by atoms with E-state index in [1.54, 1.807) is 7.05 Å². The van der Waals surface area contributed by atoms with E-state index in [0.29, 0.717) is 11.6 Å². The summed E-state index contributed by atoms with van der Waals surface area (Å²) in [5.41, 5.74) is 3.73. The third-order valence-corrected chi connectivity index (χ3v) is 5.08. The van der Waals surface area contributed by atoms with E-state index < -0.39 is 0 Å². The molecule has 0 aliphatic carbocycles. The number of carbonyl (C=O) groups excluding carboxylic acids is 1. The standard InChI is InChI=1S/C18H23N3O2S/c1-6-14-10-16(22)21(5)18(20-14)24-13(4)17(23)19-15-8-7-11(2)12(3)9-15/h7-10,13H,6H2,1-5H3,(H,19,23). The van der Waals surface area contributed by atoms with Crippen LogP contribution in [0.2, 0.25) is 0 Å². The zero-order valence-electron chi connectivity index (χ0n) is 14.7. The molecule has 0 fully saturated rings. The van der Waals surface area contributed by atoms with Gasteiger partial charge in [0, 0.05) is 24.5 Å². The van der Waals surface area contributed by atoms with Crippen LogP contribution in [0.1, 0.15) is 30.7 Å². The Morgan fingerprint density at radius 3 is 2.62 bits per heavy atom. The fraction of sp³-hybridized carbons (Fsp3) is 0.389. The van der Waals surface area contributed by atoms with Crippen LogP contribution in [0.5, 0.6) is 0 Å². The molecule has 0 saturated carbocycles. The lowest BCUT2D eigenvalue weighted by Gasteiger charge is -2.14. The van der Waals surface area contributed by atoms with Crippen LogP contribution in [0.4, 0.5) is 5.69 Å². The molecule has 128 valence electrons. The van der Waals surface area contributed by atoms with Gasteiger partial charge in [-0.1, -0.05) is 24.8 Å². The summed E-state index contributed by atoms with van der Waals surface area (Å²) in [7, 11) is 1.67. The largest absolute Gasteiger partial charge is 0.325 e. The average Bonchev–Trinajstić information content (AvgIpc) is 2.54. The fourth-order valence-electron chi connectivity index (χ4n) is 2.12. The Bertz CT molecular complexity index is 814. The molecule has 5 nitrogen and oxygen atoms in total. The Morgan fingerprint density at radius 2 is 2.00 bits per heavy atom. The highest BCUT2D eigenvalue weighted by Gasteiger charge is 2.18. The molecule has 1 N–H and O–H groups in total. The van der Waals surface area contributed by atoms with Crippen molar-refractivity contribution in [2.75, 3.05) is 5.32 Å². The number of carbonyl (C=O) groups is 1. The summed E-state index contributed by atoms with van der Waals surface area (Å²) in [5, 5.41) is 3.11. The van der Waals surface area contributed by atoms with Gasteiger partial charge in [-0.3, -0.25) is 14.2 Å². The molecule has 1 unspecified atom stereocenters. The van der Waals surface area contributed by atoms with Gasteiger partial charge in [-0.2, -0.15) is 0 Å². The number of nitrogens with one attached hydrogen (secondary N) is 1. The van der Waals surface area contributed by atoms with Gasteiger partial charge in [0.15, 0.2) is 5.16 Å². The molecule has 1 aromatic heterocycles. The van der Waals surface area contributed by atoms with Crippen LogP contribution in [0.3, 0.4) is 0 Å². The molecule has 0 bridgehead atoms. The second-order valence-electron chi connectivity index (χ2n) is 5.83. The first kappa shape index (κ1) is 18.3. The van der Waals surface area contributed by atoms with E-state index in [-0.39, 0.29) is 16.7 Å². The van der Waals surface area contributed by atoms with E-state index in [0.717, 1.165) is 16.9 Å². The van der Waals surface area contributed by atoms with Crippen LogP contribution in [0.25, 0.3) is 0 Å². The zero-order valence-corrected chi connectivity index (χ0v) is 15.5. The average molecular weight is 345 g/mol. The second kappa shape index (κ2) is 7.66. The molecule has 0 saturated heterocycles. The number of hydrogen-bond donors (Lipinski definition) is 1. The van der Waals surface area contributed by atoms with Gasteiger partial charge in [0.05, 0.1) is 5.25 Å². The SMILES string of the molecule is CCc1cc(=O)n(C)c(SC(C)C(=O)Nc2ccc(C)c(C)c2)n1. The van der Waals surface area contributed by atoms with Gasteiger partial charge in [0.2, 0.25) is 5.91 Å². The Balaban J connectivity index is 2.13. The van der Waals surface area contributed by atoms with Gasteiger partial charge in [0.1, 0.15) is 0 Å². The highest BCUT2D eigenvalue weighted by atomic mass is 32.2. The molecule has 0 radical (unpaired) electrons. The number of anilines is 1. The van der Waals surface area contributed by atoms with Crippen molar-refractivity contribution in [2.45, 2.75) is 44.5 Å². The van der Waals surface area contributed by atoms with Crippen molar-refractivity contribution in [1.29, 1.82) is 0 Å². The molecule has 1 heterocycles. The number of thioether (sulfide) groups is 1. The highest BCUT2D eigenvalue weighted by Crippen LogP contribution is 2.22. The first-order valence-corrected chi connectivity index (χ1v) is 8.81. The number of aromatic nitrogens is 2. The van der Waals surface area contributed by atoms with Crippen LogP contribution >= 0.6 is 11.8 Å². The normalized spacial score (nSPS) is 12.0. The number of benzene rings is 1. The Kier molecular flexibility index (Phi) is 5.83. The molecular weight excluding hydrogens is 322 g/mol. The van der Waals surface area contributed by atoms with Crippen LogP contribution < -0.4 is 10.9 Å². The lowest BCUT2D eigenvalue weighted by Crippen LogP contribution is -2.25. The first-order valence-electron chi connectivity index (χ1n) is 7.93. The topological polar surface area (TPSA) is 64.0 Å². The minimum absolute atomic E-state index is 0.105. The maximum atomic E-state index is 12.4. The minimum atomic E-state index is -0.364. The minimum Gasteiger partial charge on any atom is -0.325 e. The third kappa shape index (κ3) is 4.26. The van der Waals surface area contributed by atoms with Crippen molar-refractivity contribution < 1.29 is 4.79 Å². The van der Waals surface area contributed by atoms with Gasteiger partial charge >= 0.3 is 0 Å². The quantitative estimate of drug-likeness (QED) is 0.668. The zero-order chi connectivity index (χ0) is 17.9. The predicted octanol–water partition coefficient (Wildman–Crippen LogP) is 3.08. The number of hydrogen-bond acceptors (Lipinski definition) is 4. The van der Waals surface area contributed by atoms with Gasteiger partial charge in [0.25, 0.3) is 5.56 Å². The lowest BCUT2D eigenvalue weighted by atomic mass is 10.1. The molecule has 0 aliphatic rings. The van der Waals surface area contributed by atoms with Crippen molar-refractivity contribution in [2.24, 2.45) is 7.05 Å². The van der Waals surface area contributed by atoms with Crippen molar-refractivity contribution in [3.05, 3.63) is 51.4 Å². The Morgan fingerprint density at radius 1 is 1.29 bits per heavy atom. The van der Waals surface area contributed by atoms with E-state index >= 15 is 0 Å². The molecule has 0 aliphatic heterocycles. The van der Waals surface area contributed by atoms with Crippen LogP contribution in [0.15, 0.2) is 34.2 Å². The van der Waals surface area contributed by atoms with Crippen LogP contribution in [0, 0.1) is 13.8 Å². The van der Waals surface area contributed by atoms with Crippen molar-refractivity contribution in [3.8, 4) is 0 Å². The number of amides is 1. The number of rotatable bonds is 5. The molecule has 6 heteroatoms. The number of aryl methyl sites for hydroxylation is 3. The summed E-state index contributed by atoms with van der Waals surface area (Å²) in [6, 6.07) is 7.36. The number of nitrogens with zero attached hydrogens (tertiary/aromatic N) is 2. The summed E-state index contributed by atoms with van der Waals surface area (Å²) in [6.07, 6.45) is 0.687. The smallest absolute Gasteiger partial charge is 0.254 e. The summed E-state index contributed by atoms with van der Waals surface area (Å²) < 4.78 is 1.48. The summed E-state index contributed by atoms with van der Waals surface area (Å²) in [6.45, 7) is 7.81. The van der Waals surface area contributed by atoms with Crippen molar-refractivity contribution in [3.63, 3.8) is 0 Å². The van der Waals surface area contributed by atoms with Gasteiger partial charge < -0.3 is 5.32 Å². The van der Waals surface area contributed by atoms with Crippen molar-refractivity contribution in [1.82, 2.24) is 9.55 Å². The lowest BCUT2D eigenvalue weighted by molar-refractivity contribution is -0.115. The van der Waals surface area contributed by atoms with E-state index in [2.05, 4.69) is 10.3 Å². The summed E-state index contributed by atoms with van der Waals surface area (Å²) >= 11 is 1.29. The van der Waals surface area contributed by atoms with Crippen molar-refractivity contribution >= 4 is 23.4 Å². The van der Waals surface area contributed by atoms with Crippen LogP contribution in [-0.2, 0) is 18.3 Å². The molecular formula is C18H23N3O2S. The second-order valence-corrected chi connectivity index (χ2v) is 7.14. The molecule has 24 heavy (non-hydrogen) atoms. The Hall–Kier alpha value is -2.08. The van der Waals surface area contributed by atoms with E-state index in [1.807, 2.05) is 45.9 Å². The van der Waals surface area contributed by atoms with Gasteiger partial charge in [-0.05, 0) is 50.5 Å². The van der Waals surface area contributed by atoms with E-state index in [9.17, 15) is 9.59 Å². The molecule has 1 amide bonds. The molecule has 2 rings (SSSR count). The highest BCUT2D eigenvalue weighted by molar-refractivity contribution is 8.00. The molecule has 2 aromatic rings. The molecule has 1 aromatic carbocycles. The maximum Gasteiger partial charge on any atom is 0.254 e. The summed E-state index contributed by atoms with van der Waals surface area (Å²) in [4.78, 5) is 28.8. The first-order chi connectivity index (χ1) is 11.3. The predicted molar refractivity (Wildman–Crippen MR) is 98.7 cm³/mol.